The number of rotatable bonds is 4. The number of ether oxygens (including phenoxy) is 1. The predicted octanol–water partition coefficient (Wildman–Crippen LogP) is 4.94. The molecular formula is C17H18ClNO2S. The van der Waals surface area contributed by atoms with Crippen molar-refractivity contribution in [3.63, 3.8) is 0 Å². The highest BCUT2D eigenvalue weighted by Crippen LogP contribution is 2.30. The monoisotopic (exact) mass is 335 g/mol. The van der Waals surface area contributed by atoms with Crippen LogP contribution < -0.4 is 10.1 Å². The van der Waals surface area contributed by atoms with Gasteiger partial charge >= 0.3 is 0 Å². The molecule has 3 nitrogen and oxygen atoms in total. The molecular weight excluding hydrogens is 318 g/mol. The molecule has 0 atom stereocenters. The summed E-state index contributed by atoms with van der Waals surface area (Å²) in [5.41, 5.74) is 3.10. The van der Waals surface area contributed by atoms with Gasteiger partial charge in [-0.1, -0.05) is 17.7 Å². The Labute approximate surface area is 140 Å². The molecule has 0 saturated carbocycles. The SMILES string of the molecule is COc1cc(SC)ccc1C(=O)Nc1c(C)cc(C)cc1Cl. The number of halogens is 1. The van der Waals surface area contributed by atoms with E-state index in [0.717, 1.165) is 16.0 Å². The zero-order valence-electron chi connectivity index (χ0n) is 13.0. The summed E-state index contributed by atoms with van der Waals surface area (Å²) < 4.78 is 5.32. The van der Waals surface area contributed by atoms with Crippen LogP contribution in [0, 0.1) is 13.8 Å². The first-order valence-corrected chi connectivity index (χ1v) is 8.36. The Kier molecular flexibility index (Phi) is 5.37. The minimum atomic E-state index is -0.238. The molecule has 0 unspecified atom stereocenters. The molecule has 116 valence electrons. The Morgan fingerprint density at radius 1 is 1.23 bits per heavy atom. The molecule has 0 fully saturated rings. The Morgan fingerprint density at radius 2 is 1.95 bits per heavy atom. The molecule has 1 amide bonds. The molecule has 0 bridgehead atoms. The standard InChI is InChI=1S/C17H18ClNO2S/c1-10-7-11(2)16(14(18)8-10)19-17(20)13-6-5-12(22-4)9-15(13)21-3/h5-9H,1-4H3,(H,19,20). The number of aryl methyl sites for hydroxylation is 2. The lowest BCUT2D eigenvalue weighted by Gasteiger charge is -2.14. The Balaban J connectivity index is 2.34. The number of methoxy groups -OCH3 is 1. The molecule has 0 spiro atoms. The topological polar surface area (TPSA) is 38.3 Å². The number of anilines is 1. The third kappa shape index (κ3) is 3.57. The highest BCUT2D eigenvalue weighted by atomic mass is 35.5. The first-order valence-electron chi connectivity index (χ1n) is 6.76. The summed E-state index contributed by atoms with van der Waals surface area (Å²) in [5, 5.41) is 3.41. The molecule has 0 aromatic heterocycles. The fraction of sp³-hybridized carbons (Fsp3) is 0.235. The van der Waals surface area contributed by atoms with E-state index >= 15 is 0 Å². The molecule has 5 heteroatoms. The molecule has 1 N–H and O–H groups in total. The van der Waals surface area contributed by atoms with Gasteiger partial charge in [-0.25, -0.2) is 0 Å². The number of thioether (sulfide) groups is 1. The molecule has 0 saturated heterocycles. The van der Waals surface area contributed by atoms with Crippen molar-refractivity contribution in [2.45, 2.75) is 18.7 Å². The maximum atomic E-state index is 12.5. The van der Waals surface area contributed by atoms with E-state index in [4.69, 9.17) is 16.3 Å². The third-order valence-corrected chi connectivity index (χ3v) is 4.35. The van der Waals surface area contributed by atoms with E-state index in [1.54, 1.807) is 24.9 Å². The zero-order valence-corrected chi connectivity index (χ0v) is 14.6. The average molecular weight is 336 g/mol. The summed E-state index contributed by atoms with van der Waals surface area (Å²) in [5.74, 6) is 0.309. The van der Waals surface area contributed by atoms with E-state index in [2.05, 4.69) is 5.32 Å². The molecule has 0 aliphatic rings. The molecule has 22 heavy (non-hydrogen) atoms. The number of carbonyl (C=O) groups excluding carboxylic acids is 1. The third-order valence-electron chi connectivity index (χ3n) is 3.32. The number of carbonyl (C=O) groups is 1. The second-order valence-electron chi connectivity index (χ2n) is 4.96. The zero-order chi connectivity index (χ0) is 16.3. The Bertz CT molecular complexity index is 693. The van der Waals surface area contributed by atoms with Crippen LogP contribution in [0.25, 0.3) is 0 Å². The van der Waals surface area contributed by atoms with Gasteiger partial charge in [0.15, 0.2) is 0 Å². The molecule has 0 aliphatic carbocycles. The van der Waals surface area contributed by atoms with Gasteiger partial charge in [-0.3, -0.25) is 4.79 Å². The van der Waals surface area contributed by atoms with Gasteiger partial charge in [0.1, 0.15) is 5.75 Å². The van der Waals surface area contributed by atoms with Gasteiger partial charge in [0.05, 0.1) is 23.4 Å². The van der Waals surface area contributed by atoms with Crippen molar-refractivity contribution in [2.24, 2.45) is 0 Å². The average Bonchev–Trinajstić information content (AvgIpc) is 2.49. The largest absolute Gasteiger partial charge is 0.496 e. The maximum absolute atomic E-state index is 12.5. The van der Waals surface area contributed by atoms with Gasteiger partial charge in [0.25, 0.3) is 5.91 Å². The number of benzene rings is 2. The lowest BCUT2D eigenvalue weighted by Crippen LogP contribution is -2.14. The summed E-state index contributed by atoms with van der Waals surface area (Å²) in [6.45, 7) is 3.89. The summed E-state index contributed by atoms with van der Waals surface area (Å²) in [4.78, 5) is 13.6. The maximum Gasteiger partial charge on any atom is 0.259 e. The molecule has 0 radical (unpaired) electrons. The second kappa shape index (κ2) is 7.07. The van der Waals surface area contributed by atoms with Gasteiger partial charge in [-0.15, -0.1) is 11.8 Å². The number of hydrogen-bond donors (Lipinski definition) is 1. The van der Waals surface area contributed by atoms with Crippen LogP contribution in [0.3, 0.4) is 0 Å². The van der Waals surface area contributed by atoms with Crippen molar-refractivity contribution in [1.82, 2.24) is 0 Å². The predicted molar refractivity (Wildman–Crippen MR) is 93.7 cm³/mol. The highest BCUT2D eigenvalue weighted by Gasteiger charge is 2.15. The van der Waals surface area contributed by atoms with E-state index in [1.807, 2.05) is 44.4 Å². The van der Waals surface area contributed by atoms with Crippen molar-refractivity contribution < 1.29 is 9.53 Å². The fourth-order valence-corrected chi connectivity index (χ4v) is 3.04. The first-order chi connectivity index (χ1) is 10.5. The minimum absolute atomic E-state index is 0.238. The van der Waals surface area contributed by atoms with Gasteiger partial charge in [-0.05, 0) is 55.5 Å². The lowest BCUT2D eigenvalue weighted by atomic mass is 10.1. The lowest BCUT2D eigenvalue weighted by molar-refractivity contribution is 0.102. The summed E-state index contributed by atoms with van der Waals surface area (Å²) >= 11 is 7.83. The molecule has 0 aliphatic heterocycles. The van der Waals surface area contributed by atoms with Crippen molar-refractivity contribution in [3.05, 3.63) is 52.0 Å². The first kappa shape index (κ1) is 16.7. The second-order valence-corrected chi connectivity index (χ2v) is 6.25. The van der Waals surface area contributed by atoms with Gasteiger partial charge in [0.2, 0.25) is 0 Å². The van der Waals surface area contributed by atoms with Crippen molar-refractivity contribution in [2.75, 3.05) is 18.7 Å². The molecule has 2 aromatic rings. The van der Waals surface area contributed by atoms with Crippen LogP contribution in [0.5, 0.6) is 5.75 Å². The van der Waals surface area contributed by atoms with Crippen LogP contribution in [0.1, 0.15) is 21.5 Å². The normalized spacial score (nSPS) is 10.4. The molecule has 2 rings (SSSR count). The van der Waals surface area contributed by atoms with Gasteiger partial charge < -0.3 is 10.1 Å². The van der Waals surface area contributed by atoms with Gasteiger partial charge in [-0.2, -0.15) is 0 Å². The van der Waals surface area contributed by atoms with Crippen LogP contribution in [0.15, 0.2) is 35.2 Å². The number of amides is 1. The molecule has 0 heterocycles. The Hall–Kier alpha value is -1.65. The van der Waals surface area contributed by atoms with E-state index < -0.39 is 0 Å². The summed E-state index contributed by atoms with van der Waals surface area (Å²) in [6, 6.07) is 9.32. The van der Waals surface area contributed by atoms with Crippen LogP contribution in [0.4, 0.5) is 5.69 Å². The summed E-state index contributed by atoms with van der Waals surface area (Å²) in [7, 11) is 1.56. The van der Waals surface area contributed by atoms with Crippen molar-refractivity contribution >= 4 is 35.0 Å². The number of hydrogen-bond acceptors (Lipinski definition) is 3. The Morgan fingerprint density at radius 3 is 2.55 bits per heavy atom. The fourth-order valence-electron chi connectivity index (χ4n) is 2.24. The van der Waals surface area contributed by atoms with E-state index in [1.165, 1.54) is 0 Å². The van der Waals surface area contributed by atoms with Crippen LogP contribution in [-0.2, 0) is 0 Å². The van der Waals surface area contributed by atoms with Crippen molar-refractivity contribution in [1.29, 1.82) is 0 Å². The van der Waals surface area contributed by atoms with E-state index in [-0.39, 0.29) is 5.91 Å². The van der Waals surface area contributed by atoms with Crippen LogP contribution in [-0.4, -0.2) is 19.3 Å². The smallest absolute Gasteiger partial charge is 0.259 e. The quantitative estimate of drug-likeness (QED) is 0.804. The summed E-state index contributed by atoms with van der Waals surface area (Å²) in [6.07, 6.45) is 1.98. The molecule has 2 aromatic carbocycles. The van der Waals surface area contributed by atoms with Crippen molar-refractivity contribution in [3.8, 4) is 5.75 Å². The van der Waals surface area contributed by atoms with Crippen LogP contribution >= 0.6 is 23.4 Å². The van der Waals surface area contributed by atoms with E-state index in [9.17, 15) is 4.79 Å². The highest BCUT2D eigenvalue weighted by molar-refractivity contribution is 7.98. The number of nitrogens with one attached hydrogen (secondary N) is 1. The van der Waals surface area contributed by atoms with Crippen LogP contribution in [0.2, 0.25) is 5.02 Å². The minimum Gasteiger partial charge on any atom is -0.496 e. The van der Waals surface area contributed by atoms with E-state index in [0.29, 0.717) is 22.0 Å². The van der Waals surface area contributed by atoms with Gasteiger partial charge in [0, 0.05) is 4.90 Å².